The van der Waals surface area contributed by atoms with Gasteiger partial charge in [0.1, 0.15) is 0 Å². The third-order valence-corrected chi connectivity index (χ3v) is 2.96. The normalized spacial score (nSPS) is 11.6. The Morgan fingerprint density at radius 2 is 1.89 bits per heavy atom. The van der Waals surface area contributed by atoms with Crippen LogP contribution in [0.15, 0.2) is 30.3 Å². The fourth-order valence-corrected chi connectivity index (χ4v) is 1.58. The maximum atomic E-state index is 11.6. The first-order valence-electron chi connectivity index (χ1n) is 6.32. The van der Waals surface area contributed by atoms with Crippen LogP contribution in [0.25, 0.3) is 0 Å². The summed E-state index contributed by atoms with van der Waals surface area (Å²) in [6.45, 7) is 5.26. The van der Waals surface area contributed by atoms with Crippen molar-refractivity contribution in [2.75, 3.05) is 25.0 Å². The molecule has 1 rings (SSSR count). The zero-order valence-electron chi connectivity index (χ0n) is 11.8. The summed E-state index contributed by atoms with van der Waals surface area (Å²) in [6.07, 6.45) is 0. The standard InChI is InChI=1S/C14H23N3O.ClH/c1-11(2)13(15)14(18)16-9-10-17(3)12-7-5-4-6-8-12;/h4-8,11,13H,9-10,15H2,1-3H3,(H,16,18);1H/t13-;/m0./s1. The molecule has 0 bridgehead atoms. The lowest BCUT2D eigenvalue weighted by Gasteiger charge is -2.21. The van der Waals surface area contributed by atoms with Gasteiger partial charge < -0.3 is 16.0 Å². The molecule has 0 spiro atoms. The quantitative estimate of drug-likeness (QED) is 0.835. The van der Waals surface area contributed by atoms with E-state index >= 15 is 0 Å². The molecule has 0 unspecified atom stereocenters. The minimum Gasteiger partial charge on any atom is -0.373 e. The van der Waals surface area contributed by atoms with E-state index in [1.54, 1.807) is 0 Å². The number of likely N-dealkylation sites (N-methyl/N-ethyl adjacent to an activating group) is 1. The molecule has 1 atom stereocenters. The second kappa shape index (κ2) is 8.77. The van der Waals surface area contributed by atoms with Gasteiger partial charge >= 0.3 is 0 Å². The summed E-state index contributed by atoms with van der Waals surface area (Å²) in [4.78, 5) is 13.7. The van der Waals surface area contributed by atoms with Gasteiger partial charge in [-0.25, -0.2) is 0 Å². The zero-order chi connectivity index (χ0) is 13.5. The maximum absolute atomic E-state index is 11.6. The summed E-state index contributed by atoms with van der Waals surface area (Å²) in [6, 6.07) is 9.65. The molecule has 0 saturated heterocycles. The molecule has 108 valence electrons. The highest BCUT2D eigenvalue weighted by atomic mass is 35.5. The monoisotopic (exact) mass is 285 g/mol. The van der Waals surface area contributed by atoms with E-state index < -0.39 is 6.04 Å². The number of hydrogen-bond acceptors (Lipinski definition) is 3. The molecule has 0 aromatic heterocycles. The first-order chi connectivity index (χ1) is 8.52. The van der Waals surface area contributed by atoms with E-state index in [9.17, 15) is 4.79 Å². The van der Waals surface area contributed by atoms with Crippen LogP contribution in [0.4, 0.5) is 5.69 Å². The summed E-state index contributed by atoms with van der Waals surface area (Å²) in [5, 5.41) is 2.86. The minimum atomic E-state index is -0.424. The zero-order valence-corrected chi connectivity index (χ0v) is 12.6. The number of rotatable bonds is 6. The fourth-order valence-electron chi connectivity index (χ4n) is 1.58. The molecule has 1 aromatic rings. The number of anilines is 1. The van der Waals surface area contributed by atoms with Crippen LogP contribution in [0.1, 0.15) is 13.8 Å². The summed E-state index contributed by atoms with van der Waals surface area (Å²) in [5.74, 6) is 0.0864. The number of nitrogens with two attached hydrogens (primary N) is 1. The number of hydrogen-bond donors (Lipinski definition) is 2. The summed E-state index contributed by atoms with van der Waals surface area (Å²) in [5.41, 5.74) is 6.90. The lowest BCUT2D eigenvalue weighted by atomic mass is 10.1. The Morgan fingerprint density at radius 1 is 1.32 bits per heavy atom. The molecular formula is C14H24ClN3O. The van der Waals surface area contributed by atoms with E-state index in [-0.39, 0.29) is 24.2 Å². The average Bonchev–Trinajstić information content (AvgIpc) is 2.38. The van der Waals surface area contributed by atoms with Crippen molar-refractivity contribution in [3.8, 4) is 0 Å². The molecule has 0 fully saturated rings. The van der Waals surface area contributed by atoms with Gasteiger partial charge in [0.15, 0.2) is 0 Å². The van der Waals surface area contributed by atoms with Crippen LogP contribution >= 0.6 is 12.4 Å². The molecule has 4 nitrogen and oxygen atoms in total. The molecule has 19 heavy (non-hydrogen) atoms. The maximum Gasteiger partial charge on any atom is 0.237 e. The van der Waals surface area contributed by atoms with Crippen molar-refractivity contribution in [1.29, 1.82) is 0 Å². The van der Waals surface area contributed by atoms with Crippen LogP contribution in [0, 0.1) is 5.92 Å². The van der Waals surface area contributed by atoms with Crippen molar-refractivity contribution in [3.05, 3.63) is 30.3 Å². The molecule has 0 aliphatic rings. The van der Waals surface area contributed by atoms with Gasteiger partial charge in [0.2, 0.25) is 5.91 Å². The number of para-hydroxylation sites is 1. The van der Waals surface area contributed by atoms with Crippen LogP contribution in [-0.4, -0.2) is 32.1 Å². The van der Waals surface area contributed by atoms with Gasteiger partial charge in [0.25, 0.3) is 0 Å². The second-order valence-corrected chi connectivity index (χ2v) is 4.82. The Hall–Kier alpha value is -1.26. The molecule has 0 radical (unpaired) electrons. The molecule has 5 heteroatoms. The summed E-state index contributed by atoms with van der Waals surface area (Å²) in [7, 11) is 2.00. The van der Waals surface area contributed by atoms with Crippen LogP contribution in [-0.2, 0) is 4.79 Å². The third kappa shape index (κ3) is 5.94. The fraction of sp³-hybridized carbons (Fsp3) is 0.500. The van der Waals surface area contributed by atoms with E-state index in [0.717, 1.165) is 12.2 Å². The second-order valence-electron chi connectivity index (χ2n) is 4.82. The van der Waals surface area contributed by atoms with Gasteiger partial charge in [-0.3, -0.25) is 4.79 Å². The molecular weight excluding hydrogens is 262 g/mol. The largest absolute Gasteiger partial charge is 0.373 e. The van der Waals surface area contributed by atoms with Gasteiger partial charge in [-0.1, -0.05) is 32.0 Å². The predicted molar refractivity (Wildman–Crippen MR) is 82.8 cm³/mol. The highest BCUT2D eigenvalue weighted by Crippen LogP contribution is 2.09. The van der Waals surface area contributed by atoms with Crippen molar-refractivity contribution < 1.29 is 4.79 Å². The van der Waals surface area contributed by atoms with Gasteiger partial charge in [-0.15, -0.1) is 12.4 Å². The molecule has 0 aliphatic heterocycles. The summed E-state index contributed by atoms with van der Waals surface area (Å²) < 4.78 is 0. The number of nitrogens with zero attached hydrogens (tertiary/aromatic N) is 1. The number of nitrogens with one attached hydrogen (secondary N) is 1. The van der Waals surface area contributed by atoms with Gasteiger partial charge in [0.05, 0.1) is 6.04 Å². The Morgan fingerprint density at radius 3 is 2.42 bits per heavy atom. The van der Waals surface area contributed by atoms with E-state index in [4.69, 9.17) is 5.73 Å². The number of halogens is 1. The first kappa shape index (κ1) is 17.7. The van der Waals surface area contributed by atoms with E-state index in [1.165, 1.54) is 0 Å². The summed E-state index contributed by atoms with van der Waals surface area (Å²) >= 11 is 0. The Labute approximate surface area is 121 Å². The highest BCUT2D eigenvalue weighted by molar-refractivity contribution is 5.85. The van der Waals surface area contributed by atoms with Crippen LogP contribution in [0.5, 0.6) is 0 Å². The lowest BCUT2D eigenvalue weighted by molar-refractivity contribution is -0.123. The Balaban J connectivity index is 0.00000324. The molecule has 3 N–H and O–H groups in total. The topological polar surface area (TPSA) is 58.4 Å². The number of carbonyl (C=O) groups is 1. The molecule has 1 aromatic carbocycles. The van der Waals surface area contributed by atoms with Crippen molar-refractivity contribution in [2.45, 2.75) is 19.9 Å². The van der Waals surface area contributed by atoms with Crippen molar-refractivity contribution in [2.24, 2.45) is 11.7 Å². The van der Waals surface area contributed by atoms with Gasteiger partial charge in [0, 0.05) is 25.8 Å². The lowest BCUT2D eigenvalue weighted by Crippen LogP contribution is -2.45. The number of benzene rings is 1. The highest BCUT2D eigenvalue weighted by Gasteiger charge is 2.16. The molecule has 0 heterocycles. The van der Waals surface area contributed by atoms with Crippen molar-refractivity contribution in [3.63, 3.8) is 0 Å². The Bertz CT molecular complexity index is 370. The first-order valence-corrected chi connectivity index (χ1v) is 6.32. The molecule has 0 saturated carbocycles. The van der Waals surface area contributed by atoms with E-state index in [1.807, 2.05) is 51.2 Å². The third-order valence-electron chi connectivity index (χ3n) is 2.96. The van der Waals surface area contributed by atoms with Crippen molar-refractivity contribution >= 4 is 24.0 Å². The SMILES string of the molecule is CC(C)[C@H](N)C(=O)NCCN(C)c1ccccc1.Cl. The number of carbonyl (C=O) groups excluding carboxylic acids is 1. The van der Waals surface area contributed by atoms with Gasteiger partial charge in [-0.2, -0.15) is 0 Å². The smallest absolute Gasteiger partial charge is 0.237 e. The Kier molecular flexibility index (Phi) is 8.19. The van der Waals surface area contributed by atoms with Crippen LogP contribution in [0.2, 0.25) is 0 Å². The molecule has 1 amide bonds. The predicted octanol–water partition coefficient (Wildman–Crippen LogP) is 1.64. The van der Waals surface area contributed by atoms with E-state index in [0.29, 0.717) is 6.54 Å². The van der Waals surface area contributed by atoms with Crippen LogP contribution < -0.4 is 16.0 Å². The van der Waals surface area contributed by atoms with Crippen LogP contribution in [0.3, 0.4) is 0 Å². The number of amides is 1. The van der Waals surface area contributed by atoms with Crippen molar-refractivity contribution in [1.82, 2.24) is 5.32 Å². The van der Waals surface area contributed by atoms with Gasteiger partial charge in [-0.05, 0) is 18.1 Å². The molecule has 0 aliphatic carbocycles. The minimum absolute atomic E-state index is 0. The van der Waals surface area contributed by atoms with E-state index in [2.05, 4.69) is 10.2 Å². The average molecular weight is 286 g/mol.